The van der Waals surface area contributed by atoms with Crippen molar-refractivity contribution in [2.24, 2.45) is 11.3 Å². The second kappa shape index (κ2) is 2.94. The second-order valence-electron chi connectivity index (χ2n) is 5.89. The molecule has 2 N–H and O–H groups in total. The number of fused-ring (bicyclic) bond motifs is 1. The molecule has 4 nitrogen and oxygen atoms in total. The molecule has 0 aromatic heterocycles. The average molecular weight is 244 g/mol. The van der Waals surface area contributed by atoms with Gasteiger partial charge in [-0.1, -0.05) is 11.6 Å². The molecule has 4 aliphatic rings. The molecule has 2 heterocycles. The Balaban J connectivity index is 1.86. The molecular weight excluding hydrogens is 228 g/mol. The summed E-state index contributed by atoms with van der Waals surface area (Å²) in [4.78, 5) is 23.7. The molecule has 18 heavy (non-hydrogen) atoms. The maximum atomic E-state index is 12.2. The molecule has 94 valence electrons. The Labute approximate surface area is 106 Å². The first-order chi connectivity index (χ1) is 8.56. The Morgan fingerprint density at radius 3 is 2.94 bits per heavy atom. The van der Waals surface area contributed by atoms with E-state index in [1.54, 1.807) is 6.92 Å². The fourth-order valence-corrected chi connectivity index (χ4v) is 4.09. The third-order valence-corrected chi connectivity index (χ3v) is 4.95. The Morgan fingerprint density at radius 1 is 1.50 bits per heavy atom. The molecule has 0 bridgehead atoms. The van der Waals surface area contributed by atoms with Gasteiger partial charge in [-0.15, -0.1) is 0 Å². The number of hydrogen-bond donors (Lipinski definition) is 2. The molecular formula is C14H16N2O2. The van der Waals surface area contributed by atoms with Crippen molar-refractivity contribution in [1.29, 1.82) is 0 Å². The van der Waals surface area contributed by atoms with Gasteiger partial charge in [-0.25, -0.2) is 0 Å². The normalized spacial score (nSPS) is 44.0. The Morgan fingerprint density at radius 2 is 2.28 bits per heavy atom. The summed E-state index contributed by atoms with van der Waals surface area (Å²) in [6.07, 6.45) is 2.91. The minimum absolute atomic E-state index is 0.115. The number of ketones is 2. The van der Waals surface area contributed by atoms with Gasteiger partial charge in [0.25, 0.3) is 0 Å². The number of hydrogen-bond acceptors (Lipinski definition) is 4. The van der Waals surface area contributed by atoms with E-state index in [2.05, 4.69) is 17.6 Å². The minimum Gasteiger partial charge on any atom is -0.386 e. The number of piperidine rings is 1. The number of allylic oxidation sites excluding steroid dienone is 1. The highest BCUT2D eigenvalue weighted by Gasteiger charge is 2.74. The molecule has 0 amide bonds. The quantitative estimate of drug-likeness (QED) is 0.652. The topological polar surface area (TPSA) is 58.2 Å². The lowest BCUT2D eigenvalue weighted by atomic mass is 9.78. The highest BCUT2D eigenvalue weighted by molar-refractivity contribution is 6.12. The average Bonchev–Trinajstić information content (AvgIpc) is 2.74. The van der Waals surface area contributed by atoms with Gasteiger partial charge in [0.1, 0.15) is 5.41 Å². The van der Waals surface area contributed by atoms with Gasteiger partial charge in [-0.2, -0.15) is 0 Å². The van der Waals surface area contributed by atoms with E-state index in [0.29, 0.717) is 5.78 Å². The van der Waals surface area contributed by atoms with Crippen LogP contribution in [0.5, 0.6) is 0 Å². The predicted octanol–water partition coefficient (Wildman–Crippen LogP) is 0.308. The fraction of sp³-hybridized carbons (Fsp3) is 0.571. The van der Waals surface area contributed by atoms with E-state index in [9.17, 15) is 9.59 Å². The highest BCUT2D eigenvalue weighted by atomic mass is 16.1. The SMILES string of the molecule is CC(=O)C1C=C2C(CC(C)=C3NCC4C(=O)C234)N1. The van der Waals surface area contributed by atoms with Crippen LogP contribution < -0.4 is 10.6 Å². The van der Waals surface area contributed by atoms with Crippen molar-refractivity contribution in [3.8, 4) is 0 Å². The molecule has 1 spiro atoms. The van der Waals surface area contributed by atoms with E-state index < -0.39 is 0 Å². The number of rotatable bonds is 1. The molecule has 2 aliphatic carbocycles. The standard InChI is InChI=1S/C14H16N2O2/c1-6-3-11-8(4-10(16-11)7(2)17)14-9(13(14)18)5-15-12(6)14/h4,9-11,15-16H,3,5H2,1-2H3. The molecule has 4 atom stereocenters. The smallest absolute Gasteiger partial charge is 0.156 e. The zero-order valence-electron chi connectivity index (χ0n) is 10.5. The summed E-state index contributed by atoms with van der Waals surface area (Å²) in [6, 6.07) is -0.0299. The lowest BCUT2D eigenvalue weighted by Crippen LogP contribution is -2.40. The van der Waals surface area contributed by atoms with E-state index >= 15 is 0 Å². The van der Waals surface area contributed by atoms with E-state index in [1.165, 1.54) is 5.57 Å². The van der Waals surface area contributed by atoms with E-state index in [0.717, 1.165) is 24.2 Å². The van der Waals surface area contributed by atoms with Crippen molar-refractivity contribution in [2.75, 3.05) is 6.54 Å². The molecule has 1 saturated carbocycles. The first kappa shape index (κ1) is 10.5. The molecule has 2 aliphatic heterocycles. The van der Waals surface area contributed by atoms with Crippen LogP contribution in [0.1, 0.15) is 20.3 Å². The summed E-state index contributed by atoms with van der Waals surface area (Å²) in [5.41, 5.74) is 3.18. The molecule has 1 saturated heterocycles. The number of carbonyl (C=O) groups excluding carboxylic acids is 2. The first-order valence-electron chi connectivity index (χ1n) is 6.54. The predicted molar refractivity (Wildman–Crippen MR) is 65.7 cm³/mol. The summed E-state index contributed by atoms with van der Waals surface area (Å²) < 4.78 is 0. The van der Waals surface area contributed by atoms with Crippen LogP contribution in [0.25, 0.3) is 0 Å². The van der Waals surface area contributed by atoms with Crippen molar-refractivity contribution in [1.82, 2.24) is 10.6 Å². The largest absolute Gasteiger partial charge is 0.386 e. The monoisotopic (exact) mass is 244 g/mol. The van der Waals surface area contributed by atoms with Crippen molar-refractivity contribution < 1.29 is 9.59 Å². The number of nitrogens with one attached hydrogen (secondary N) is 2. The molecule has 4 heteroatoms. The summed E-state index contributed by atoms with van der Waals surface area (Å²) in [5.74, 6) is 0.588. The van der Waals surface area contributed by atoms with Crippen LogP contribution in [-0.2, 0) is 9.59 Å². The lowest BCUT2D eigenvalue weighted by Gasteiger charge is -2.30. The van der Waals surface area contributed by atoms with Gasteiger partial charge in [-0.05, 0) is 25.8 Å². The Kier molecular flexibility index (Phi) is 1.71. The van der Waals surface area contributed by atoms with Crippen LogP contribution in [0.15, 0.2) is 22.9 Å². The maximum absolute atomic E-state index is 12.2. The van der Waals surface area contributed by atoms with E-state index in [-0.39, 0.29) is 29.2 Å². The number of Topliss-reactive ketones (excluding diaryl/α,β-unsaturated/α-hetero) is 2. The summed E-state index contributed by atoms with van der Waals surface area (Å²) in [6.45, 7) is 4.46. The summed E-state index contributed by atoms with van der Waals surface area (Å²) in [5, 5.41) is 6.74. The Hall–Kier alpha value is -1.42. The zero-order chi connectivity index (χ0) is 12.7. The Bertz CT molecular complexity index is 560. The van der Waals surface area contributed by atoms with Crippen molar-refractivity contribution in [2.45, 2.75) is 32.4 Å². The van der Waals surface area contributed by atoms with Crippen molar-refractivity contribution >= 4 is 11.6 Å². The minimum atomic E-state index is -0.371. The summed E-state index contributed by atoms with van der Waals surface area (Å²) in [7, 11) is 0. The molecule has 0 radical (unpaired) electrons. The van der Waals surface area contributed by atoms with Crippen LogP contribution in [0, 0.1) is 11.3 Å². The van der Waals surface area contributed by atoms with Gasteiger partial charge in [0.2, 0.25) is 0 Å². The van der Waals surface area contributed by atoms with Gasteiger partial charge in [0, 0.05) is 18.3 Å². The molecule has 2 fully saturated rings. The van der Waals surface area contributed by atoms with Crippen LogP contribution in [0.3, 0.4) is 0 Å². The fourth-order valence-electron chi connectivity index (χ4n) is 4.09. The van der Waals surface area contributed by atoms with Gasteiger partial charge in [0.05, 0.1) is 12.0 Å². The van der Waals surface area contributed by atoms with E-state index in [4.69, 9.17) is 0 Å². The molecule has 0 aromatic rings. The van der Waals surface area contributed by atoms with Crippen LogP contribution in [0.4, 0.5) is 0 Å². The third-order valence-electron chi connectivity index (χ3n) is 4.95. The summed E-state index contributed by atoms with van der Waals surface area (Å²) >= 11 is 0. The molecule has 4 unspecified atom stereocenters. The highest BCUT2D eigenvalue weighted by Crippen LogP contribution is 2.65. The van der Waals surface area contributed by atoms with Gasteiger partial charge >= 0.3 is 0 Å². The molecule has 0 aromatic carbocycles. The third kappa shape index (κ3) is 0.937. The number of carbonyl (C=O) groups is 2. The van der Waals surface area contributed by atoms with Crippen LogP contribution >= 0.6 is 0 Å². The van der Waals surface area contributed by atoms with Gasteiger partial charge < -0.3 is 5.32 Å². The first-order valence-corrected chi connectivity index (χ1v) is 6.54. The molecule has 4 rings (SSSR count). The maximum Gasteiger partial charge on any atom is 0.156 e. The van der Waals surface area contributed by atoms with Crippen LogP contribution in [0.2, 0.25) is 0 Å². The lowest BCUT2D eigenvalue weighted by molar-refractivity contribution is -0.117. The van der Waals surface area contributed by atoms with E-state index in [1.807, 2.05) is 6.08 Å². The van der Waals surface area contributed by atoms with Crippen molar-refractivity contribution in [3.05, 3.63) is 22.9 Å². The van der Waals surface area contributed by atoms with Crippen molar-refractivity contribution in [3.63, 3.8) is 0 Å². The second-order valence-corrected chi connectivity index (χ2v) is 5.89. The van der Waals surface area contributed by atoms with Crippen LogP contribution in [-0.4, -0.2) is 30.2 Å². The van der Waals surface area contributed by atoms with Gasteiger partial charge in [0.15, 0.2) is 11.6 Å². The zero-order valence-corrected chi connectivity index (χ0v) is 10.5. The van der Waals surface area contributed by atoms with Gasteiger partial charge in [-0.3, -0.25) is 14.9 Å².